The lowest BCUT2D eigenvalue weighted by atomic mass is 9.83. The fraction of sp³-hybridized carbons (Fsp3) is 0.929. The fourth-order valence-electron chi connectivity index (χ4n) is 3.22. The first-order valence-corrected chi connectivity index (χ1v) is 9.20. The van der Waals surface area contributed by atoms with Gasteiger partial charge in [0, 0.05) is 38.6 Å². The van der Waals surface area contributed by atoms with E-state index in [1.807, 2.05) is 25.9 Å². The van der Waals surface area contributed by atoms with Gasteiger partial charge in [-0.15, -0.1) is 0 Å². The number of nitrogens with zero attached hydrogens (tertiary/aromatic N) is 2. The molecular weight excluding hydrogens is 292 g/mol. The molecule has 7 heteroatoms. The summed E-state index contributed by atoms with van der Waals surface area (Å²) in [5.74, 6) is 0.303. The molecule has 0 N–H and O–H groups in total. The van der Waals surface area contributed by atoms with Crippen molar-refractivity contribution >= 4 is 15.7 Å². The van der Waals surface area contributed by atoms with Crippen molar-refractivity contribution < 1.29 is 17.9 Å². The molecule has 0 unspecified atom stereocenters. The number of rotatable bonds is 6. The highest BCUT2D eigenvalue weighted by molar-refractivity contribution is 7.93. The molecule has 2 aliphatic heterocycles. The van der Waals surface area contributed by atoms with Crippen molar-refractivity contribution in [1.82, 2.24) is 9.80 Å². The molecule has 1 atom stereocenters. The van der Waals surface area contributed by atoms with Gasteiger partial charge in [-0.1, -0.05) is 0 Å². The minimum atomic E-state index is -3.11. The molecule has 21 heavy (non-hydrogen) atoms. The Labute approximate surface area is 127 Å². The molecule has 2 saturated heterocycles. The van der Waals surface area contributed by atoms with E-state index in [1.165, 1.54) is 0 Å². The second-order valence-corrected chi connectivity index (χ2v) is 8.78. The summed E-state index contributed by atoms with van der Waals surface area (Å²) < 4.78 is 29.4. The van der Waals surface area contributed by atoms with Gasteiger partial charge in [0.1, 0.15) is 4.75 Å². The Kier molecular flexibility index (Phi) is 4.95. The Morgan fingerprint density at radius 2 is 2.05 bits per heavy atom. The van der Waals surface area contributed by atoms with Crippen LogP contribution in [0.25, 0.3) is 0 Å². The second-order valence-electron chi connectivity index (χ2n) is 6.33. The lowest BCUT2D eigenvalue weighted by Crippen LogP contribution is -2.68. The molecule has 122 valence electrons. The third-order valence-corrected chi connectivity index (χ3v) is 7.27. The van der Waals surface area contributed by atoms with Crippen LogP contribution < -0.4 is 0 Å². The van der Waals surface area contributed by atoms with Gasteiger partial charge in [-0.2, -0.15) is 0 Å². The monoisotopic (exact) mass is 318 g/mol. The van der Waals surface area contributed by atoms with Crippen LogP contribution in [0.3, 0.4) is 0 Å². The number of sulfone groups is 1. The van der Waals surface area contributed by atoms with Crippen LogP contribution in [0.1, 0.15) is 19.8 Å². The number of likely N-dealkylation sites (tertiary alicyclic amines) is 1. The van der Waals surface area contributed by atoms with Crippen LogP contribution in [0.15, 0.2) is 0 Å². The third-order valence-electron chi connectivity index (χ3n) is 4.66. The molecule has 1 amide bonds. The average Bonchev–Trinajstić information content (AvgIpc) is 2.62. The molecule has 0 aromatic rings. The number of ether oxygens (including phenoxy) is 1. The summed E-state index contributed by atoms with van der Waals surface area (Å²) in [6.45, 7) is 4.37. The Morgan fingerprint density at radius 3 is 2.62 bits per heavy atom. The maximum absolute atomic E-state index is 12.4. The molecule has 6 nitrogen and oxygen atoms in total. The van der Waals surface area contributed by atoms with Gasteiger partial charge >= 0.3 is 0 Å². The Morgan fingerprint density at radius 1 is 1.38 bits per heavy atom. The van der Waals surface area contributed by atoms with Crippen molar-refractivity contribution in [2.45, 2.75) is 24.5 Å². The highest BCUT2D eigenvalue weighted by atomic mass is 32.2. The van der Waals surface area contributed by atoms with Crippen molar-refractivity contribution in [2.75, 3.05) is 52.7 Å². The normalized spacial score (nSPS) is 26.3. The Balaban J connectivity index is 1.98. The average molecular weight is 318 g/mol. The van der Waals surface area contributed by atoms with E-state index in [0.717, 1.165) is 0 Å². The number of carbonyl (C=O) groups is 1. The summed E-state index contributed by atoms with van der Waals surface area (Å²) in [6.07, 6.45) is 1.10. The minimum absolute atomic E-state index is 0.0281. The lowest BCUT2D eigenvalue weighted by molar-refractivity contribution is -0.138. The first kappa shape index (κ1) is 16.7. The molecule has 0 aromatic carbocycles. The molecule has 2 heterocycles. The SMILES string of the molecule is CCOC[C@@H]1CCS(=O)(=O)C12CN(C(=O)CCN(C)C)C2. The molecule has 0 aliphatic carbocycles. The van der Waals surface area contributed by atoms with E-state index in [0.29, 0.717) is 45.7 Å². The summed E-state index contributed by atoms with van der Waals surface area (Å²) in [7, 11) is 0.731. The zero-order chi connectivity index (χ0) is 15.7. The smallest absolute Gasteiger partial charge is 0.223 e. The van der Waals surface area contributed by atoms with Crippen LogP contribution in [-0.4, -0.2) is 81.6 Å². The van der Waals surface area contributed by atoms with Gasteiger partial charge in [-0.3, -0.25) is 4.79 Å². The molecule has 0 saturated carbocycles. The summed E-state index contributed by atoms with van der Waals surface area (Å²) in [5.41, 5.74) is 0. The third kappa shape index (κ3) is 3.10. The second kappa shape index (κ2) is 6.22. The zero-order valence-corrected chi connectivity index (χ0v) is 14.0. The first-order chi connectivity index (χ1) is 9.82. The van der Waals surface area contributed by atoms with Crippen LogP contribution in [0.2, 0.25) is 0 Å². The van der Waals surface area contributed by atoms with Gasteiger partial charge in [0.25, 0.3) is 0 Å². The number of hydrogen-bond acceptors (Lipinski definition) is 5. The summed E-state index contributed by atoms with van der Waals surface area (Å²) in [6, 6.07) is 0. The van der Waals surface area contributed by atoms with Crippen LogP contribution in [0.5, 0.6) is 0 Å². The molecular formula is C14H26N2O4S. The van der Waals surface area contributed by atoms with Crippen molar-refractivity contribution in [3.05, 3.63) is 0 Å². The van der Waals surface area contributed by atoms with Crippen LogP contribution >= 0.6 is 0 Å². The summed E-state index contributed by atoms with van der Waals surface area (Å²) >= 11 is 0. The molecule has 2 rings (SSSR count). The number of amides is 1. The molecule has 0 radical (unpaired) electrons. The maximum Gasteiger partial charge on any atom is 0.223 e. The Hall–Kier alpha value is -0.660. The predicted molar refractivity (Wildman–Crippen MR) is 80.9 cm³/mol. The van der Waals surface area contributed by atoms with E-state index in [9.17, 15) is 13.2 Å². The van der Waals surface area contributed by atoms with Crippen molar-refractivity contribution in [1.29, 1.82) is 0 Å². The van der Waals surface area contributed by atoms with E-state index in [2.05, 4.69) is 0 Å². The van der Waals surface area contributed by atoms with Crippen LogP contribution in [0.4, 0.5) is 0 Å². The van der Waals surface area contributed by atoms with Crippen LogP contribution in [-0.2, 0) is 19.4 Å². The van der Waals surface area contributed by atoms with Gasteiger partial charge in [0.2, 0.25) is 5.91 Å². The van der Waals surface area contributed by atoms with E-state index >= 15 is 0 Å². The molecule has 0 bridgehead atoms. The van der Waals surface area contributed by atoms with Gasteiger partial charge in [-0.05, 0) is 27.4 Å². The van der Waals surface area contributed by atoms with Crippen molar-refractivity contribution in [2.24, 2.45) is 5.92 Å². The van der Waals surface area contributed by atoms with E-state index in [1.54, 1.807) is 4.90 Å². The molecule has 2 fully saturated rings. The quantitative estimate of drug-likeness (QED) is 0.689. The fourth-order valence-corrected chi connectivity index (χ4v) is 5.62. The topological polar surface area (TPSA) is 66.9 Å². The van der Waals surface area contributed by atoms with Crippen molar-refractivity contribution in [3.63, 3.8) is 0 Å². The van der Waals surface area contributed by atoms with Gasteiger partial charge in [-0.25, -0.2) is 8.42 Å². The van der Waals surface area contributed by atoms with E-state index in [-0.39, 0.29) is 17.6 Å². The van der Waals surface area contributed by atoms with Crippen molar-refractivity contribution in [3.8, 4) is 0 Å². The standard InChI is InChI=1S/C14H26N2O4S/c1-4-20-9-12-6-8-21(18,19)14(12)10-16(11-14)13(17)5-7-15(2)3/h12H,4-11H2,1-3H3/t12-/m0/s1. The van der Waals surface area contributed by atoms with Crippen LogP contribution in [0, 0.1) is 5.92 Å². The van der Waals surface area contributed by atoms with Gasteiger partial charge < -0.3 is 14.5 Å². The Bertz CT molecular complexity index is 483. The number of hydrogen-bond donors (Lipinski definition) is 0. The zero-order valence-electron chi connectivity index (χ0n) is 13.2. The summed E-state index contributed by atoms with van der Waals surface area (Å²) in [5, 5.41) is 0. The highest BCUT2D eigenvalue weighted by Gasteiger charge is 2.62. The molecule has 1 spiro atoms. The van der Waals surface area contributed by atoms with Gasteiger partial charge in [0.05, 0.1) is 12.4 Å². The maximum atomic E-state index is 12.4. The van der Waals surface area contributed by atoms with E-state index in [4.69, 9.17) is 4.74 Å². The highest BCUT2D eigenvalue weighted by Crippen LogP contribution is 2.44. The minimum Gasteiger partial charge on any atom is -0.381 e. The summed E-state index contributed by atoms with van der Waals surface area (Å²) in [4.78, 5) is 15.7. The molecule has 2 aliphatic rings. The number of carbonyl (C=O) groups excluding carboxylic acids is 1. The largest absolute Gasteiger partial charge is 0.381 e. The predicted octanol–water partition coefficient (Wildman–Crippen LogP) is -0.00970. The first-order valence-electron chi connectivity index (χ1n) is 7.55. The van der Waals surface area contributed by atoms with E-state index < -0.39 is 14.6 Å². The molecule has 0 aromatic heterocycles. The van der Waals surface area contributed by atoms with Gasteiger partial charge in [0.15, 0.2) is 9.84 Å². The lowest BCUT2D eigenvalue weighted by Gasteiger charge is -2.50.